The summed E-state index contributed by atoms with van der Waals surface area (Å²) in [4.78, 5) is 0. The van der Waals surface area contributed by atoms with Crippen LogP contribution in [-0.4, -0.2) is 26.6 Å². The summed E-state index contributed by atoms with van der Waals surface area (Å²) in [7, 11) is -3.16. The Kier molecular flexibility index (Phi) is 6.47. The molecule has 0 aliphatic rings. The maximum atomic E-state index is 11.8. The summed E-state index contributed by atoms with van der Waals surface area (Å²) < 4.78 is 26.2. The monoisotopic (exact) mass is 283 g/mol. The summed E-state index contributed by atoms with van der Waals surface area (Å²) in [6.07, 6.45) is 1.47. The van der Waals surface area contributed by atoms with Crippen LogP contribution < -0.4 is 4.72 Å². The fourth-order valence-corrected chi connectivity index (χ4v) is 3.31. The van der Waals surface area contributed by atoms with E-state index in [0.29, 0.717) is 18.8 Å². The first-order valence-corrected chi connectivity index (χ1v) is 8.19. The number of hydrogen-bond acceptors (Lipinski definition) is 2. The molecule has 3 nitrogen and oxygen atoms in total. The van der Waals surface area contributed by atoms with Crippen LogP contribution in [0.1, 0.15) is 47.5 Å². The van der Waals surface area contributed by atoms with Crippen molar-refractivity contribution in [3.05, 3.63) is 0 Å². The summed E-state index contributed by atoms with van der Waals surface area (Å²) >= 11 is 5.68. The normalized spacial score (nSPS) is 14.0. The molecule has 0 radical (unpaired) electrons. The molecule has 0 aromatic rings. The van der Waals surface area contributed by atoms with E-state index in [1.807, 2.05) is 34.6 Å². The lowest BCUT2D eigenvalue weighted by molar-refractivity contribution is 0.350. The van der Waals surface area contributed by atoms with E-state index in [9.17, 15) is 8.42 Å². The van der Waals surface area contributed by atoms with E-state index in [4.69, 9.17) is 11.6 Å². The largest absolute Gasteiger partial charge is 0.215 e. The van der Waals surface area contributed by atoms with Crippen molar-refractivity contribution in [3.8, 4) is 0 Å². The smallest absolute Gasteiger partial charge is 0.211 e. The molecule has 0 spiro atoms. The fraction of sp³-hybridized carbons (Fsp3) is 1.00. The van der Waals surface area contributed by atoms with Crippen molar-refractivity contribution in [1.29, 1.82) is 0 Å². The van der Waals surface area contributed by atoms with Crippen molar-refractivity contribution < 1.29 is 8.42 Å². The first-order chi connectivity index (χ1) is 7.47. The van der Waals surface area contributed by atoms with Gasteiger partial charge in [0.15, 0.2) is 0 Å². The molecule has 0 aromatic heterocycles. The molecule has 0 fully saturated rings. The van der Waals surface area contributed by atoms with Gasteiger partial charge in [0.05, 0.1) is 5.75 Å². The van der Waals surface area contributed by atoms with Crippen LogP contribution in [0.15, 0.2) is 0 Å². The lowest BCUT2D eigenvalue weighted by atomic mass is 9.91. The van der Waals surface area contributed by atoms with Crippen molar-refractivity contribution in [2.45, 2.75) is 47.5 Å². The van der Waals surface area contributed by atoms with Crippen LogP contribution in [0.2, 0.25) is 0 Å². The molecule has 1 N–H and O–H groups in total. The van der Waals surface area contributed by atoms with Crippen LogP contribution in [-0.2, 0) is 10.0 Å². The number of sulfonamides is 1. The Morgan fingerprint density at radius 3 is 2.00 bits per heavy atom. The van der Waals surface area contributed by atoms with Crippen LogP contribution in [0.3, 0.4) is 0 Å². The van der Waals surface area contributed by atoms with Gasteiger partial charge in [-0.2, -0.15) is 0 Å². The van der Waals surface area contributed by atoms with Crippen molar-refractivity contribution in [3.63, 3.8) is 0 Å². The van der Waals surface area contributed by atoms with Gasteiger partial charge in [0.25, 0.3) is 0 Å². The Bertz CT molecular complexity index is 318. The molecule has 0 rings (SSSR count). The summed E-state index contributed by atoms with van der Waals surface area (Å²) in [6.45, 7) is 10.6. The highest BCUT2D eigenvalue weighted by Crippen LogP contribution is 2.21. The number of alkyl halides is 1. The molecule has 5 heteroatoms. The molecule has 0 aliphatic carbocycles. The Hall–Kier alpha value is 0.200. The Morgan fingerprint density at radius 1 is 1.06 bits per heavy atom. The minimum Gasteiger partial charge on any atom is -0.215 e. The topological polar surface area (TPSA) is 46.2 Å². The van der Waals surface area contributed by atoms with E-state index in [1.165, 1.54) is 0 Å². The van der Waals surface area contributed by atoms with Gasteiger partial charge < -0.3 is 0 Å². The maximum absolute atomic E-state index is 11.8. The minimum absolute atomic E-state index is 0.0421. The number of halogens is 1. The third-order valence-electron chi connectivity index (χ3n) is 2.66. The predicted octanol–water partition coefficient (Wildman–Crippen LogP) is 3.00. The molecule has 0 amide bonds. The van der Waals surface area contributed by atoms with Crippen LogP contribution in [0.25, 0.3) is 0 Å². The highest BCUT2D eigenvalue weighted by Gasteiger charge is 2.22. The quantitative estimate of drug-likeness (QED) is 0.730. The van der Waals surface area contributed by atoms with E-state index in [0.717, 1.165) is 6.42 Å². The second kappa shape index (κ2) is 6.39. The Morgan fingerprint density at radius 2 is 1.59 bits per heavy atom. The van der Waals surface area contributed by atoms with Crippen LogP contribution in [0.5, 0.6) is 0 Å². The third kappa shape index (κ3) is 9.86. The number of hydrogen-bond donors (Lipinski definition) is 1. The molecule has 0 aromatic carbocycles. The van der Waals surface area contributed by atoms with Crippen molar-refractivity contribution >= 4 is 21.6 Å². The molecule has 0 bridgehead atoms. The predicted molar refractivity (Wildman–Crippen MR) is 75.0 cm³/mol. The van der Waals surface area contributed by atoms with Crippen LogP contribution >= 0.6 is 11.6 Å². The van der Waals surface area contributed by atoms with Crippen molar-refractivity contribution in [2.75, 3.05) is 18.2 Å². The molecular weight excluding hydrogens is 258 g/mol. The van der Waals surface area contributed by atoms with Crippen LogP contribution in [0.4, 0.5) is 0 Å². The lowest BCUT2D eigenvalue weighted by Gasteiger charge is -2.24. The molecule has 0 saturated carbocycles. The molecule has 17 heavy (non-hydrogen) atoms. The van der Waals surface area contributed by atoms with Crippen LogP contribution in [0, 0.1) is 10.8 Å². The lowest BCUT2D eigenvalue weighted by Crippen LogP contribution is -2.36. The van der Waals surface area contributed by atoms with Gasteiger partial charge in [-0.1, -0.05) is 34.6 Å². The van der Waals surface area contributed by atoms with Gasteiger partial charge >= 0.3 is 0 Å². The summed E-state index contributed by atoms with van der Waals surface area (Å²) in [5.41, 5.74) is -0.0447. The second-order valence-corrected chi connectivity index (χ2v) is 8.86. The van der Waals surface area contributed by atoms with E-state index in [-0.39, 0.29) is 16.6 Å². The van der Waals surface area contributed by atoms with Gasteiger partial charge in [-0.25, -0.2) is 13.1 Å². The average Bonchev–Trinajstić information content (AvgIpc) is 2.12. The average molecular weight is 284 g/mol. The minimum atomic E-state index is -3.16. The number of rotatable bonds is 7. The zero-order valence-corrected chi connectivity index (χ0v) is 13.2. The zero-order chi connectivity index (χ0) is 13.7. The molecule has 0 unspecified atom stereocenters. The molecule has 104 valence electrons. The van der Waals surface area contributed by atoms with E-state index in [1.54, 1.807) is 0 Å². The first kappa shape index (κ1) is 17.2. The van der Waals surface area contributed by atoms with Gasteiger partial charge in [0.2, 0.25) is 10.0 Å². The van der Waals surface area contributed by atoms with Gasteiger partial charge in [-0.3, -0.25) is 0 Å². The van der Waals surface area contributed by atoms with E-state index in [2.05, 4.69) is 4.72 Å². The summed E-state index contributed by atoms with van der Waals surface area (Å²) in [5.74, 6) is 0.740. The fourth-order valence-electron chi connectivity index (χ4n) is 1.16. The highest BCUT2D eigenvalue weighted by atomic mass is 35.5. The molecule has 0 saturated heterocycles. The standard InChI is InChI=1S/C12H26ClNO2S/c1-11(2,3)7-9-17(15,16)14-10-12(4,5)6-8-13/h14H,6-10H2,1-5H3. The summed E-state index contributed by atoms with van der Waals surface area (Å²) in [6, 6.07) is 0. The highest BCUT2D eigenvalue weighted by molar-refractivity contribution is 7.89. The molecule has 0 heterocycles. The van der Waals surface area contributed by atoms with Gasteiger partial charge in [0.1, 0.15) is 0 Å². The van der Waals surface area contributed by atoms with Gasteiger partial charge in [-0.05, 0) is 23.7 Å². The number of nitrogens with one attached hydrogen (secondary N) is 1. The SMILES string of the molecule is CC(C)(C)CCS(=O)(=O)NCC(C)(C)CCCl. The first-order valence-electron chi connectivity index (χ1n) is 6.01. The Labute approximate surface area is 111 Å². The molecular formula is C12H26ClNO2S. The Balaban J connectivity index is 4.19. The van der Waals surface area contributed by atoms with Crippen molar-refractivity contribution in [2.24, 2.45) is 10.8 Å². The second-order valence-electron chi connectivity index (χ2n) is 6.55. The molecule has 0 aliphatic heterocycles. The summed E-state index contributed by atoms with van der Waals surface area (Å²) in [5, 5.41) is 0. The van der Waals surface area contributed by atoms with E-state index < -0.39 is 10.0 Å². The van der Waals surface area contributed by atoms with Gasteiger partial charge in [0, 0.05) is 12.4 Å². The third-order valence-corrected chi connectivity index (χ3v) is 4.18. The molecule has 0 atom stereocenters. The maximum Gasteiger partial charge on any atom is 0.211 e. The zero-order valence-electron chi connectivity index (χ0n) is 11.6. The van der Waals surface area contributed by atoms with Gasteiger partial charge in [-0.15, -0.1) is 11.6 Å². The van der Waals surface area contributed by atoms with Crippen molar-refractivity contribution in [1.82, 2.24) is 4.72 Å². The van der Waals surface area contributed by atoms with E-state index >= 15 is 0 Å².